The van der Waals surface area contributed by atoms with E-state index in [0.717, 1.165) is 32.3 Å². The van der Waals surface area contributed by atoms with Gasteiger partial charge in [-0.15, -0.1) is 0 Å². The lowest BCUT2D eigenvalue weighted by Crippen LogP contribution is -2.38. The molecule has 3 rings (SSSR count). The number of piperidine rings is 1. The standard InChI is InChI=1S/C19H28N2O4S/c1-15-9-11-21(12-10-15)26(23,24)18-7-5-16(6-8-18)19(22)20(2)14-17-4-3-13-25-17/h5-8,15,17H,3-4,9-14H2,1-2H3/t17-/m1/s1. The Labute approximate surface area is 156 Å². The summed E-state index contributed by atoms with van der Waals surface area (Å²) in [5.74, 6) is 0.456. The van der Waals surface area contributed by atoms with E-state index in [1.54, 1.807) is 40.5 Å². The van der Waals surface area contributed by atoms with Crippen LogP contribution >= 0.6 is 0 Å². The lowest BCUT2D eigenvalue weighted by atomic mass is 10.0. The number of hydrogen-bond acceptors (Lipinski definition) is 4. The Balaban J connectivity index is 1.66. The van der Waals surface area contributed by atoms with Crippen molar-refractivity contribution in [3.05, 3.63) is 29.8 Å². The van der Waals surface area contributed by atoms with E-state index in [1.807, 2.05) is 0 Å². The number of benzene rings is 1. The predicted octanol–water partition coefficient (Wildman–Crippen LogP) is 2.36. The normalized spacial score (nSPS) is 22.5. The number of likely N-dealkylation sites (N-methyl/N-ethyl adjacent to an activating group) is 1. The van der Waals surface area contributed by atoms with Crippen LogP contribution in [0.3, 0.4) is 0 Å². The molecule has 144 valence electrons. The van der Waals surface area contributed by atoms with Gasteiger partial charge in [0.15, 0.2) is 0 Å². The predicted molar refractivity (Wildman–Crippen MR) is 99.5 cm³/mol. The summed E-state index contributed by atoms with van der Waals surface area (Å²) in [7, 11) is -1.72. The monoisotopic (exact) mass is 380 g/mol. The quantitative estimate of drug-likeness (QED) is 0.786. The molecule has 0 spiro atoms. The minimum absolute atomic E-state index is 0.102. The summed E-state index contributed by atoms with van der Waals surface area (Å²) in [6.07, 6.45) is 3.90. The molecular weight excluding hydrogens is 352 g/mol. The van der Waals surface area contributed by atoms with Crippen molar-refractivity contribution < 1.29 is 17.9 Å². The molecule has 6 nitrogen and oxygen atoms in total. The van der Waals surface area contributed by atoms with Gasteiger partial charge in [-0.25, -0.2) is 8.42 Å². The first-order chi connectivity index (χ1) is 12.4. The molecule has 0 aliphatic carbocycles. The van der Waals surface area contributed by atoms with Crippen LogP contribution in [-0.4, -0.2) is 62.9 Å². The third kappa shape index (κ3) is 4.27. The van der Waals surface area contributed by atoms with Crippen LogP contribution in [0.1, 0.15) is 43.0 Å². The molecule has 1 aromatic rings. The molecule has 0 bridgehead atoms. The van der Waals surface area contributed by atoms with E-state index in [1.165, 1.54) is 0 Å². The van der Waals surface area contributed by atoms with Crippen molar-refractivity contribution in [1.29, 1.82) is 0 Å². The average Bonchev–Trinajstić information content (AvgIpc) is 3.14. The number of sulfonamides is 1. The largest absolute Gasteiger partial charge is 0.376 e. The van der Waals surface area contributed by atoms with E-state index in [2.05, 4.69) is 6.92 Å². The summed E-state index contributed by atoms with van der Waals surface area (Å²) in [5, 5.41) is 0. The average molecular weight is 381 g/mol. The van der Waals surface area contributed by atoms with Gasteiger partial charge in [0.1, 0.15) is 0 Å². The first-order valence-corrected chi connectivity index (χ1v) is 10.8. The minimum atomic E-state index is -3.48. The van der Waals surface area contributed by atoms with Gasteiger partial charge in [-0.1, -0.05) is 6.92 Å². The van der Waals surface area contributed by atoms with E-state index in [0.29, 0.717) is 31.1 Å². The van der Waals surface area contributed by atoms with Gasteiger partial charge in [0.05, 0.1) is 11.0 Å². The van der Waals surface area contributed by atoms with Gasteiger partial charge in [-0.2, -0.15) is 4.31 Å². The summed E-state index contributed by atoms with van der Waals surface area (Å²) in [4.78, 5) is 14.4. The second-order valence-electron chi connectivity index (χ2n) is 7.43. The first kappa shape index (κ1) is 19.3. The minimum Gasteiger partial charge on any atom is -0.376 e. The first-order valence-electron chi connectivity index (χ1n) is 9.35. The highest BCUT2D eigenvalue weighted by Crippen LogP contribution is 2.24. The highest BCUT2D eigenvalue weighted by atomic mass is 32.2. The molecule has 0 aromatic heterocycles. The van der Waals surface area contributed by atoms with Crippen molar-refractivity contribution in [3.63, 3.8) is 0 Å². The fourth-order valence-electron chi connectivity index (χ4n) is 3.54. The Morgan fingerprint density at radius 2 is 1.85 bits per heavy atom. The number of amides is 1. The Morgan fingerprint density at radius 1 is 1.19 bits per heavy atom. The number of carbonyl (C=O) groups is 1. The zero-order valence-electron chi connectivity index (χ0n) is 15.6. The molecule has 2 heterocycles. The molecule has 1 aromatic carbocycles. The summed E-state index contributed by atoms with van der Waals surface area (Å²) < 4.78 is 32.6. The van der Waals surface area contributed by atoms with Crippen molar-refractivity contribution in [1.82, 2.24) is 9.21 Å². The number of carbonyl (C=O) groups excluding carboxylic acids is 1. The summed E-state index contributed by atoms with van der Waals surface area (Å²) in [5.41, 5.74) is 0.497. The summed E-state index contributed by atoms with van der Waals surface area (Å²) in [6, 6.07) is 6.29. The molecule has 2 saturated heterocycles. The molecule has 0 unspecified atom stereocenters. The molecule has 2 aliphatic rings. The van der Waals surface area contributed by atoms with Crippen LogP contribution in [-0.2, 0) is 14.8 Å². The third-order valence-electron chi connectivity index (χ3n) is 5.33. The highest BCUT2D eigenvalue weighted by Gasteiger charge is 2.28. The zero-order chi connectivity index (χ0) is 18.7. The van der Waals surface area contributed by atoms with Crippen LogP contribution in [0.4, 0.5) is 0 Å². The van der Waals surface area contributed by atoms with Crippen LogP contribution < -0.4 is 0 Å². The summed E-state index contributed by atoms with van der Waals surface area (Å²) in [6.45, 7) is 4.60. The molecule has 7 heteroatoms. The van der Waals surface area contributed by atoms with Crippen molar-refractivity contribution in [3.8, 4) is 0 Å². The van der Waals surface area contributed by atoms with E-state index in [9.17, 15) is 13.2 Å². The van der Waals surface area contributed by atoms with Gasteiger partial charge in [0, 0.05) is 38.9 Å². The van der Waals surface area contributed by atoms with Gasteiger partial charge in [-0.3, -0.25) is 4.79 Å². The van der Waals surface area contributed by atoms with Crippen LogP contribution in [0.2, 0.25) is 0 Å². The number of rotatable bonds is 5. The molecule has 2 aliphatic heterocycles. The van der Waals surface area contributed by atoms with Gasteiger partial charge in [0.2, 0.25) is 10.0 Å². The van der Waals surface area contributed by atoms with Crippen LogP contribution in [0.25, 0.3) is 0 Å². The molecule has 0 saturated carbocycles. The molecule has 26 heavy (non-hydrogen) atoms. The van der Waals surface area contributed by atoms with Crippen molar-refractivity contribution >= 4 is 15.9 Å². The van der Waals surface area contributed by atoms with E-state index in [-0.39, 0.29) is 16.9 Å². The number of ether oxygens (including phenoxy) is 1. The molecule has 0 N–H and O–H groups in total. The fraction of sp³-hybridized carbons (Fsp3) is 0.632. The van der Waals surface area contributed by atoms with Gasteiger partial charge >= 0.3 is 0 Å². The number of hydrogen-bond donors (Lipinski definition) is 0. The van der Waals surface area contributed by atoms with Gasteiger partial charge in [-0.05, 0) is 55.9 Å². The second kappa shape index (κ2) is 8.06. The molecular formula is C19H28N2O4S. The SMILES string of the molecule is CC1CCN(S(=O)(=O)c2ccc(C(=O)N(C)C[C@H]3CCCO3)cc2)CC1. The van der Waals surface area contributed by atoms with Crippen molar-refractivity contribution in [2.75, 3.05) is 33.3 Å². The van der Waals surface area contributed by atoms with Crippen LogP contribution in [0, 0.1) is 5.92 Å². The molecule has 2 fully saturated rings. The topological polar surface area (TPSA) is 66.9 Å². The maximum Gasteiger partial charge on any atom is 0.253 e. The molecule has 1 atom stereocenters. The maximum atomic E-state index is 12.8. The van der Waals surface area contributed by atoms with Gasteiger partial charge < -0.3 is 9.64 Å². The van der Waals surface area contributed by atoms with E-state index in [4.69, 9.17) is 4.74 Å². The lowest BCUT2D eigenvalue weighted by Gasteiger charge is -2.29. The number of nitrogens with zero attached hydrogens (tertiary/aromatic N) is 2. The summed E-state index contributed by atoms with van der Waals surface area (Å²) >= 11 is 0. The van der Waals surface area contributed by atoms with Crippen molar-refractivity contribution in [2.45, 2.75) is 43.6 Å². The van der Waals surface area contributed by atoms with Crippen LogP contribution in [0.15, 0.2) is 29.2 Å². The molecule has 0 radical (unpaired) electrons. The molecule has 1 amide bonds. The van der Waals surface area contributed by atoms with Crippen molar-refractivity contribution in [2.24, 2.45) is 5.92 Å². The Morgan fingerprint density at radius 3 is 2.42 bits per heavy atom. The fourth-order valence-corrected chi connectivity index (χ4v) is 5.01. The van der Waals surface area contributed by atoms with Gasteiger partial charge in [0.25, 0.3) is 5.91 Å². The van der Waals surface area contributed by atoms with E-state index >= 15 is 0 Å². The Kier molecular flexibility index (Phi) is 5.99. The van der Waals surface area contributed by atoms with E-state index < -0.39 is 10.0 Å². The highest BCUT2D eigenvalue weighted by molar-refractivity contribution is 7.89. The Hall–Kier alpha value is -1.44. The maximum absolute atomic E-state index is 12.8. The Bertz CT molecular complexity index is 718. The second-order valence-corrected chi connectivity index (χ2v) is 9.37. The smallest absolute Gasteiger partial charge is 0.253 e. The zero-order valence-corrected chi connectivity index (χ0v) is 16.4. The lowest BCUT2D eigenvalue weighted by molar-refractivity contribution is 0.0587. The third-order valence-corrected chi connectivity index (χ3v) is 7.24. The van der Waals surface area contributed by atoms with Crippen LogP contribution in [0.5, 0.6) is 0 Å².